The van der Waals surface area contributed by atoms with Crippen LogP contribution in [-0.4, -0.2) is 51.3 Å². The molecule has 1 fully saturated rings. The van der Waals surface area contributed by atoms with E-state index in [1.54, 1.807) is 7.11 Å². The van der Waals surface area contributed by atoms with Crippen LogP contribution in [0.25, 0.3) is 0 Å². The number of rotatable bonds is 6. The fourth-order valence-corrected chi connectivity index (χ4v) is 2.38. The maximum absolute atomic E-state index is 5.28. The molecule has 0 radical (unpaired) electrons. The Morgan fingerprint density at radius 3 is 2.35 bits per heavy atom. The highest BCUT2D eigenvalue weighted by Gasteiger charge is 2.29. The number of ether oxygens (including phenoxy) is 1. The van der Waals surface area contributed by atoms with Crippen molar-refractivity contribution in [3.8, 4) is 0 Å². The summed E-state index contributed by atoms with van der Waals surface area (Å²) in [5.41, 5.74) is 0.466. The van der Waals surface area contributed by atoms with Crippen molar-refractivity contribution >= 4 is 0 Å². The largest absolute Gasteiger partial charge is 0.383 e. The first-order valence-corrected chi connectivity index (χ1v) is 6.88. The number of nitrogens with one attached hydrogen (secondary N) is 1. The lowest BCUT2D eigenvalue weighted by Crippen LogP contribution is -2.47. The second kappa shape index (κ2) is 6.72. The molecule has 1 aliphatic heterocycles. The van der Waals surface area contributed by atoms with Gasteiger partial charge in [-0.05, 0) is 44.3 Å². The van der Waals surface area contributed by atoms with Crippen molar-refractivity contribution in [3.05, 3.63) is 0 Å². The maximum Gasteiger partial charge on any atom is 0.0618 e. The van der Waals surface area contributed by atoms with Crippen molar-refractivity contribution in [1.82, 2.24) is 10.2 Å². The Hall–Kier alpha value is -0.120. The number of nitrogens with zero attached hydrogens (tertiary/aromatic N) is 1. The molecule has 1 aliphatic rings. The van der Waals surface area contributed by atoms with Gasteiger partial charge in [-0.3, -0.25) is 0 Å². The van der Waals surface area contributed by atoms with Crippen LogP contribution < -0.4 is 5.32 Å². The summed E-state index contributed by atoms with van der Waals surface area (Å²) in [5, 5.41) is 3.70. The zero-order valence-electron chi connectivity index (χ0n) is 12.3. The minimum absolute atomic E-state index is 0.466. The number of piperidine rings is 1. The van der Waals surface area contributed by atoms with Crippen molar-refractivity contribution in [2.24, 2.45) is 11.3 Å². The van der Waals surface area contributed by atoms with Crippen LogP contribution in [0.15, 0.2) is 0 Å². The summed E-state index contributed by atoms with van der Waals surface area (Å²) in [6, 6.07) is 0.483. The van der Waals surface area contributed by atoms with E-state index in [-0.39, 0.29) is 0 Å². The minimum Gasteiger partial charge on any atom is -0.383 e. The third kappa shape index (κ3) is 4.94. The van der Waals surface area contributed by atoms with Gasteiger partial charge in [0.15, 0.2) is 0 Å². The number of likely N-dealkylation sites (tertiary alicyclic amines) is 1. The number of methoxy groups -OCH3 is 1. The predicted octanol–water partition coefficient (Wildman–Crippen LogP) is 1.98. The lowest BCUT2D eigenvalue weighted by Gasteiger charge is -2.39. The first-order valence-electron chi connectivity index (χ1n) is 6.88. The van der Waals surface area contributed by atoms with Crippen LogP contribution in [0.5, 0.6) is 0 Å². The summed E-state index contributed by atoms with van der Waals surface area (Å²) in [4.78, 5) is 2.43. The normalized spacial score (nSPS) is 22.9. The van der Waals surface area contributed by atoms with Crippen LogP contribution in [0.2, 0.25) is 0 Å². The first kappa shape index (κ1) is 14.9. The second-order valence-electron chi connectivity index (χ2n) is 6.30. The molecular weight excluding hydrogens is 212 g/mol. The Morgan fingerprint density at radius 2 is 1.88 bits per heavy atom. The van der Waals surface area contributed by atoms with Gasteiger partial charge < -0.3 is 15.0 Å². The van der Waals surface area contributed by atoms with Crippen LogP contribution in [0.4, 0.5) is 0 Å². The van der Waals surface area contributed by atoms with Gasteiger partial charge in [-0.2, -0.15) is 0 Å². The van der Waals surface area contributed by atoms with E-state index >= 15 is 0 Å². The van der Waals surface area contributed by atoms with E-state index in [4.69, 9.17) is 4.74 Å². The van der Waals surface area contributed by atoms with Crippen LogP contribution in [0.1, 0.15) is 33.6 Å². The molecule has 0 aromatic rings. The molecule has 17 heavy (non-hydrogen) atoms. The van der Waals surface area contributed by atoms with Crippen LogP contribution in [-0.2, 0) is 4.74 Å². The highest BCUT2D eigenvalue weighted by molar-refractivity contribution is 4.85. The van der Waals surface area contributed by atoms with E-state index in [2.05, 4.69) is 38.0 Å². The van der Waals surface area contributed by atoms with E-state index in [1.165, 1.54) is 25.9 Å². The van der Waals surface area contributed by atoms with Crippen molar-refractivity contribution in [2.45, 2.75) is 39.7 Å². The molecule has 1 heterocycles. The van der Waals surface area contributed by atoms with Gasteiger partial charge >= 0.3 is 0 Å². The average Bonchev–Trinajstić information content (AvgIpc) is 2.28. The van der Waals surface area contributed by atoms with E-state index in [0.717, 1.165) is 13.2 Å². The van der Waals surface area contributed by atoms with E-state index < -0.39 is 0 Å². The van der Waals surface area contributed by atoms with Crippen LogP contribution in [0.3, 0.4) is 0 Å². The van der Waals surface area contributed by atoms with Gasteiger partial charge in [0.1, 0.15) is 0 Å². The van der Waals surface area contributed by atoms with Gasteiger partial charge in [-0.15, -0.1) is 0 Å². The SMILES string of the molecule is COCC(NCC1(C)CCN(C)CC1)C(C)C. The fourth-order valence-electron chi connectivity index (χ4n) is 2.38. The molecule has 1 N–H and O–H groups in total. The fraction of sp³-hybridized carbons (Fsp3) is 1.00. The third-order valence-corrected chi connectivity index (χ3v) is 4.14. The van der Waals surface area contributed by atoms with Crippen LogP contribution >= 0.6 is 0 Å². The smallest absolute Gasteiger partial charge is 0.0618 e. The van der Waals surface area contributed by atoms with Crippen molar-refractivity contribution in [1.29, 1.82) is 0 Å². The molecule has 0 saturated carbocycles. The molecule has 1 saturated heterocycles. The summed E-state index contributed by atoms with van der Waals surface area (Å²) < 4.78 is 5.28. The van der Waals surface area contributed by atoms with Gasteiger partial charge in [-0.25, -0.2) is 0 Å². The predicted molar refractivity (Wildman–Crippen MR) is 73.3 cm³/mol. The Balaban J connectivity index is 2.37. The molecule has 3 nitrogen and oxygen atoms in total. The Bertz CT molecular complexity index is 210. The van der Waals surface area contributed by atoms with E-state index in [1.807, 2.05) is 0 Å². The van der Waals surface area contributed by atoms with Gasteiger partial charge in [0.25, 0.3) is 0 Å². The molecule has 0 bridgehead atoms. The zero-order valence-corrected chi connectivity index (χ0v) is 12.3. The number of hydrogen-bond donors (Lipinski definition) is 1. The molecule has 102 valence electrons. The molecule has 1 rings (SSSR count). The zero-order chi connectivity index (χ0) is 12.9. The van der Waals surface area contributed by atoms with Crippen molar-refractivity contribution < 1.29 is 4.74 Å². The molecule has 0 spiro atoms. The van der Waals surface area contributed by atoms with Crippen LogP contribution in [0, 0.1) is 11.3 Å². The number of hydrogen-bond acceptors (Lipinski definition) is 3. The third-order valence-electron chi connectivity index (χ3n) is 4.14. The molecule has 1 atom stereocenters. The summed E-state index contributed by atoms with van der Waals surface area (Å²) in [7, 11) is 4.00. The average molecular weight is 242 g/mol. The second-order valence-corrected chi connectivity index (χ2v) is 6.30. The highest BCUT2D eigenvalue weighted by atomic mass is 16.5. The lowest BCUT2D eigenvalue weighted by atomic mass is 9.80. The standard InChI is InChI=1S/C14H30N2O/c1-12(2)13(10-17-5)15-11-14(3)6-8-16(4)9-7-14/h12-13,15H,6-11H2,1-5H3. The highest BCUT2D eigenvalue weighted by Crippen LogP contribution is 2.29. The monoisotopic (exact) mass is 242 g/mol. The Kier molecular flexibility index (Phi) is 5.90. The topological polar surface area (TPSA) is 24.5 Å². The van der Waals surface area contributed by atoms with E-state index in [9.17, 15) is 0 Å². The lowest BCUT2D eigenvalue weighted by molar-refractivity contribution is 0.108. The molecular formula is C14H30N2O. The van der Waals surface area contributed by atoms with Gasteiger partial charge in [0.05, 0.1) is 6.61 Å². The molecule has 3 heteroatoms. The minimum atomic E-state index is 0.466. The molecule has 0 amide bonds. The molecule has 0 aliphatic carbocycles. The maximum atomic E-state index is 5.28. The van der Waals surface area contributed by atoms with Crippen molar-refractivity contribution in [3.63, 3.8) is 0 Å². The van der Waals surface area contributed by atoms with Gasteiger partial charge in [-0.1, -0.05) is 20.8 Å². The molecule has 1 unspecified atom stereocenters. The molecule has 0 aromatic heterocycles. The molecule has 0 aromatic carbocycles. The Morgan fingerprint density at radius 1 is 1.29 bits per heavy atom. The van der Waals surface area contributed by atoms with Gasteiger partial charge in [0.2, 0.25) is 0 Å². The van der Waals surface area contributed by atoms with Gasteiger partial charge in [0, 0.05) is 19.7 Å². The van der Waals surface area contributed by atoms with E-state index in [0.29, 0.717) is 17.4 Å². The summed E-state index contributed by atoms with van der Waals surface area (Å²) in [5.74, 6) is 0.629. The summed E-state index contributed by atoms with van der Waals surface area (Å²) in [6.07, 6.45) is 2.60. The first-order chi connectivity index (χ1) is 7.97. The summed E-state index contributed by atoms with van der Waals surface area (Å²) in [6.45, 7) is 11.3. The quantitative estimate of drug-likeness (QED) is 0.771. The van der Waals surface area contributed by atoms with Crippen molar-refractivity contribution in [2.75, 3.05) is 40.4 Å². The summed E-state index contributed by atoms with van der Waals surface area (Å²) >= 11 is 0. The Labute approximate surface area is 107 Å².